The van der Waals surface area contributed by atoms with Crippen LogP contribution in [0.3, 0.4) is 0 Å². The third-order valence-electron chi connectivity index (χ3n) is 1.72. The zero-order valence-electron chi connectivity index (χ0n) is 8.14. The smallest absolute Gasteiger partial charge is 0.301 e. The van der Waals surface area contributed by atoms with E-state index in [2.05, 4.69) is 0 Å². The van der Waals surface area contributed by atoms with Crippen molar-refractivity contribution in [2.75, 3.05) is 14.2 Å². The summed E-state index contributed by atoms with van der Waals surface area (Å²) < 4.78 is 40.5. The van der Waals surface area contributed by atoms with Gasteiger partial charge in [-0.3, -0.25) is 4.55 Å². The first-order chi connectivity index (χ1) is 6.90. The molecule has 0 aliphatic heterocycles. The van der Waals surface area contributed by atoms with Crippen LogP contribution in [0.5, 0.6) is 11.5 Å². The Morgan fingerprint density at radius 1 is 1.20 bits per heavy atom. The number of hydrogen-bond acceptors (Lipinski definition) is 4. The van der Waals surface area contributed by atoms with Crippen molar-refractivity contribution in [3.8, 4) is 11.5 Å². The lowest BCUT2D eigenvalue weighted by Gasteiger charge is -2.11. The predicted molar refractivity (Wildman–Crippen MR) is 52.1 cm³/mol. The first kappa shape index (κ1) is 11.6. The molecule has 2 N–H and O–H groups in total. The summed E-state index contributed by atoms with van der Waals surface area (Å²) in [5.74, 6) is -0.247. The van der Waals surface area contributed by atoms with E-state index in [1.165, 1.54) is 26.4 Å². The first-order valence-electron chi connectivity index (χ1n) is 3.85. The third kappa shape index (κ3) is 2.31. The molecule has 0 aliphatic rings. The Labute approximate surface area is 87.4 Å². The van der Waals surface area contributed by atoms with Gasteiger partial charge in [-0.05, 0) is 0 Å². The van der Waals surface area contributed by atoms with Crippen LogP contribution in [0.25, 0.3) is 0 Å². The Balaban J connectivity index is 3.59. The van der Waals surface area contributed by atoms with E-state index in [0.717, 1.165) is 0 Å². The lowest BCUT2D eigenvalue weighted by molar-refractivity contribution is 0.367. The summed E-state index contributed by atoms with van der Waals surface area (Å²) in [6.07, 6.45) is 0. The lowest BCUT2D eigenvalue weighted by atomic mass is 10.3. The minimum Gasteiger partial charge on any atom is -0.495 e. The number of ether oxygens (including phenoxy) is 2. The summed E-state index contributed by atoms with van der Waals surface area (Å²) in [6, 6.07) is 2.34. The average Bonchev–Trinajstić information content (AvgIpc) is 2.14. The number of hydrogen-bond donors (Lipinski definition) is 1. The van der Waals surface area contributed by atoms with E-state index in [4.69, 9.17) is 19.8 Å². The molecule has 1 rings (SSSR count). The van der Waals surface area contributed by atoms with Gasteiger partial charge in [-0.1, -0.05) is 0 Å². The Hall–Kier alpha value is -1.47. The van der Waals surface area contributed by atoms with Gasteiger partial charge in [-0.15, -0.1) is 0 Å². The molecule has 15 heavy (non-hydrogen) atoms. The van der Waals surface area contributed by atoms with Crippen molar-refractivity contribution in [2.45, 2.75) is 4.90 Å². The molecule has 0 saturated carbocycles. The van der Waals surface area contributed by atoms with Crippen LogP contribution in [0.15, 0.2) is 17.0 Å². The van der Waals surface area contributed by atoms with Crippen LogP contribution in [0, 0.1) is 0 Å². The maximum absolute atomic E-state index is 11.0. The number of nitrogens with one attached hydrogen (secondary N) is 1. The second-order valence-electron chi connectivity index (χ2n) is 2.68. The number of methoxy groups -OCH3 is 2. The average molecular weight is 232 g/mol. The second kappa shape index (κ2) is 3.95. The SMILES string of the molecule is COc1cc([NH])cc(OC)c1S(=O)(=O)O. The molecule has 0 fully saturated rings. The summed E-state index contributed by atoms with van der Waals surface area (Å²) in [6.45, 7) is 0. The summed E-state index contributed by atoms with van der Waals surface area (Å²) in [4.78, 5) is -0.469. The van der Waals surface area contributed by atoms with Crippen molar-refractivity contribution in [1.82, 2.24) is 5.73 Å². The van der Waals surface area contributed by atoms with Gasteiger partial charge in [0.2, 0.25) is 0 Å². The Morgan fingerprint density at radius 2 is 1.60 bits per heavy atom. The standard InChI is InChI=1S/C8H10NO5S/c1-13-6-3-5(9)4-7(14-2)8(6)15(10,11)12/h3-4,9H,1-2H3,(H,10,11,12). The van der Waals surface area contributed by atoms with Gasteiger partial charge < -0.3 is 15.2 Å². The van der Waals surface area contributed by atoms with Crippen molar-refractivity contribution < 1.29 is 22.4 Å². The highest BCUT2D eigenvalue weighted by Gasteiger charge is 2.23. The minimum atomic E-state index is -4.44. The summed E-state index contributed by atoms with van der Waals surface area (Å²) in [5, 5.41) is 0. The van der Waals surface area contributed by atoms with Crippen LogP contribution in [0.4, 0.5) is 5.69 Å². The molecule has 0 bridgehead atoms. The van der Waals surface area contributed by atoms with E-state index in [9.17, 15) is 8.42 Å². The lowest BCUT2D eigenvalue weighted by Crippen LogP contribution is -2.04. The molecule has 1 aromatic carbocycles. The predicted octanol–water partition coefficient (Wildman–Crippen LogP) is 0.865. The van der Waals surface area contributed by atoms with Crippen LogP contribution < -0.4 is 15.2 Å². The normalized spacial score (nSPS) is 11.1. The molecule has 0 aromatic heterocycles. The molecular formula is C8H10NO5S. The molecule has 0 aliphatic carbocycles. The first-order valence-corrected chi connectivity index (χ1v) is 5.29. The fourth-order valence-corrected chi connectivity index (χ4v) is 1.93. The number of benzene rings is 1. The monoisotopic (exact) mass is 232 g/mol. The number of rotatable bonds is 3. The molecular weight excluding hydrogens is 222 g/mol. The summed E-state index contributed by atoms with van der Waals surface area (Å²) in [7, 11) is -1.96. The molecule has 0 spiro atoms. The second-order valence-corrected chi connectivity index (χ2v) is 4.04. The van der Waals surface area contributed by atoms with Gasteiger partial charge >= 0.3 is 10.1 Å². The fourth-order valence-electron chi connectivity index (χ4n) is 1.13. The molecule has 0 atom stereocenters. The topological polar surface area (TPSA) is 96.6 Å². The van der Waals surface area contributed by atoms with Crippen molar-refractivity contribution in [1.29, 1.82) is 0 Å². The van der Waals surface area contributed by atoms with Crippen LogP contribution in [-0.2, 0) is 10.1 Å². The molecule has 1 radical (unpaired) electrons. The van der Waals surface area contributed by atoms with Crippen LogP contribution >= 0.6 is 0 Å². The van der Waals surface area contributed by atoms with Gasteiger partial charge in [0.15, 0.2) is 4.90 Å². The molecule has 1 aromatic rings. The quantitative estimate of drug-likeness (QED) is 0.780. The summed E-state index contributed by atoms with van der Waals surface area (Å²) >= 11 is 0. The molecule has 0 unspecified atom stereocenters. The van der Waals surface area contributed by atoms with E-state index in [-0.39, 0.29) is 17.2 Å². The molecule has 7 heteroatoms. The fraction of sp³-hybridized carbons (Fsp3) is 0.250. The molecule has 0 heterocycles. The van der Waals surface area contributed by atoms with E-state index in [1.54, 1.807) is 0 Å². The van der Waals surface area contributed by atoms with Crippen LogP contribution in [0.2, 0.25) is 0 Å². The third-order valence-corrected chi connectivity index (χ3v) is 2.64. The largest absolute Gasteiger partial charge is 0.495 e. The van der Waals surface area contributed by atoms with E-state index >= 15 is 0 Å². The zero-order chi connectivity index (χ0) is 11.6. The van der Waals surface area contributed by atoms with Gasteiger partial charge in [-0.2, -0.15) is 8.42 Å². The zero-order valence-corrected chi connectivity index (χ0v) is 8.96. The maximum atomic E-state index is 11.0. The highest BCUT2D eigenvalue weighted by molar-refractivity contribution is 7.86. The summed E-state index contributed by atoms with van der Waals surface area (Å²) in [5.41, 5.74) is 7.37. The van der Waals surface area contributed by atoms with E-state index in [1.807, 2.05) is 0 Å². The van der Waals surface area contributed by atoms with Crippen molar-refractivity contribution in [2.24, 2.45) is 0 Å². The van der Waals surface area contributed by atoms with Crippen LogP contribution in [-0.4, -0.2) is 27.2 Å². The van der Waals surface area contributed by atoms with Gasteiger partial charge in [0.1, 0.15) is 11.5 Å². The Morgan fingerprint density at radius 3 is 1.87 bits per heavy atom. The Kier molecular flexibility index (Phi) is 3.06. The highest BCUT2D eigenvalue weighted by atomic mass is 32.2. The van der Waals surface area contributed by atoms with Crippen molar-refractivity contribution in [3.63, 3.8) is 0 Å². The molecule has 6 nitrogen and oxygen atoms in total. The molecule has 0 saturated heterocycles. The molecule has 83 valence electrons. The van der Waals surface area contributed by atoms with Gasteiger partial charge in [0.25, 0.3) is 0 Å². The van der Waals surface area contributed by atoms with Crippen molar-refractivity contribution in [3.05, 3.63) is 12.1 Å². The van der Waals surface area contributed by atoms with E-state index in [0.29, 0.717) is 0 Å². The highest BCUT2D eigenvalue weighted by Crippen LogP contribution is 2.35. The minimum absolute atomic E-state index is 0.0242. The van der Waals surface area contributed by atoms with E-state index < -0.39 is 15.0 Å². The Bertz CT molecular complexity index is 443. The van der Waals surface area contributed by atoms with Crippen molar-refractivity contribution >= 4 is 15.8 Å². The maximum Gasteiger partial charge on any atom is 0.301 e. The molecule has 0 amide bonds. The van der Waals surface area contributed by atoms with Crippen LogP contribution in [0.1, 0.15) is 0 Å². The van der Waals surface area contributed by atoms with Gasteiger partial charge in [0.05, 0.1) is 19.9 Å². The van der Waals surface area contributed by atoms with Gasteiger partial charge in [0, 0.05) is 12.1 Å². The van der Waals surface area contributed by atoms with Gasteiger partial charge in [-0.25, -0.2) is 0 Å².